The van der Waals surface area contributed by atoms with E-state index in [0.717, 1.165) is 30.5 Å². The Morgan fingerprint density at radius 3 is 2.72 bits per heavy atom. The molecule has 1 fully saturated rings. The second-order valence-electron chi connectivity index (χ2n) is 8.00. The molecule has 166 valence electrons. The number of carbonyl (C=O) groups is 1. The summed E-state index contributed by atoms with van der Waals surface area (Å²) in [6.07, 6.45) is 1.62. The van der Waals surface area contributed by atoms with Crippen LogP contribution < -0.4 is 15.8 Å². The van der Waals surface area contributed by atoms with E-state index in [1.165, 1.54) is 22.9 Å². The lowest BCUT2D eigenvalue weighted by Crippen LogP contribution is -2.43. The predicted octanol–water partition coefficient (Wildman–Crippen LogP) is 3.87. The molecule has 6 nitrogen and oxygen atoms in total. The van der Waals surface area contributed by atoms with Gasteiger partial charge in [0.1, 0.15) is 11.6 Å². The third kappa shape index (κ3) is 4.99. The average Bonchev–Trinajstić information content (AvgIpc) is 2.81. The molecular weight excluding hydrogens is 431 g/mol. The van der Waals surface area contributed by atoms with Crippen molar-refractivity contribution in [2.45, 2.75) is 26.3 Å². The van der Waals surface area contributed by atoms with Crippen molar-refractivity contribution in [3.8, 4) is 5.69 Å². The number of anilines is 1. The van der Waals surface area contributed by atoms with Crippen molar-refractivity contribution in [1.82, 2.24) is 15.1 Å². The van der Waals surface area contributed by atoms with Crippen molar-refractivity contribution in [2.24, 2.45) is 5.92 Å². The van der Waals surface area contributed by atoms with Gasteiger partial charge in [-0.25, -0.2) is 4.39 Å². The molecule has 1 amide bonds. The highest BCUT2D eigenvalue weighted by atomic mass is 35.5. The molecule has 0 bridgehead atoms. The number of aryl methyl sites for hydroxylation is 1. The van der Waals surface area contributed by atoms with Gasteiger partial charge in [-0.2, -0.15) is 4.68 Å². The number of hydrogen-bond donors (Lipinski definition) is 1. The summed E-state index contributed by atoms with van der Waals surface area (Å²) in [5.74, 6) is 0.0972. The molecule has 1 aliphatic rings. The minimum absolute atomic E-state index is 0.0438. The number of nitrogens with one attached hydrogen (secondary N) is 1. The molecule has 3 aromatic rings. The topological polar surface area (TPSA) is 67.2 Å². The molecule has 0 aliphatic carbocycles. The van der Waals surface area contributed by atoms with Crippen molar-refractivity contribution in [3.63, 3.8) is 0 Å². The Labute approximate surface area is 190 Å². The second kappa shape index (κ2) is 9.53. The van der Waals surface area contributed by atoms with E-state index in [1.807, 2.05) is 17.9 Å². The van der Waals surface area contributed by atoms with Gasteiger partial charge < -0.3 is 10.2 Å². The molecule has 32 heavy (non-hydrogen) atoms. The zero-order valence-electron chi connectivity index (χ0n) is 17.7. The first-order chi connectivity index (χ1) is 15.4. The lowest BCUT2D eigenvalue weighted by Gasteiger charge is -2.33. The summed E-state index contributed by atoms with van der Waals surface area (Å²) in [6, 6.07) is 14.6. The standard InChI is InChI=1S/C24H24ClFN4O2/c1-16-4-9-20(13-21(16)25)30-23(31)11-10-22(28-30)29-12-2-3-18(15-29)24(32)27-14-17-5-7-19(26)8-6-17/h4-11,13,18H,2-3,12,14-15H2,1H3,(H,27,32). The van der Waals surface area contributed by atoms with E-state index in [2.05, 4.69) is 10.4 Å². The minimum Gasteiger partial charge on any atom is -0.354 e. The maximum absolute atomic E-state index is 13.1. The number of carbonyl (C=O) groups excluding carboxylic acids is 1. The van der Waals surface area contributed by atoms with E-state index in [1.54, 1.807) is 30.3 Å². The molecule has 0 saturated carbocycles. The van der Waals surface area contributed by atoms with Crippen molar-refractivity contribution < 1.29 is 9.18 Å². The molecule has 2 heterocycles. The number of rotatable bonds is 5. The lowest BCUT2D eigenvalue weighted by atomic mass is 9.97. The van der Waals surface area contributed by atoms with Crippen LogP contribution in [0.1, 0.15) is 24.0 Å². The molecule has 1 unspecified atom stereocenters. The number of halogens is 2. The molecule has 1 saturated heterocycles. The van der Waals surface area contributed by atoms with Gasteiger partial charge in [-0.15, -0.1) is 5.10 Å². The van der Waals surface area contributed by atoms with Crippen LogP contribution in [0.5, 0.6) is 0 Å². The number of aromatic nitrogens is 2. The van der Waals surface area contributed by atoms with Gasteiger partial charge >= 0.3 is 0 Å². The Hall–Kier alpha value is -3.19. The molecule has 1 aliphatic heterocycles. The number of nitrogens with zero attached hydrogens (tertiary/aromatic N) is 3. The maximum Gasteiger partial charge on any atom is 0.271 e. The quantitative estimate of drug-likeness (QED) is 0.635. The molecule has 0 spiro atoms. The third-order valence-electron chi connectivity index (χ3n) is 5.68. The molecule has 1 atom stereocenters. The number of hydrogen-bond acceptors (Lipinski definition) is 4. The second-order valence-corrected chi connectivity index (χ2v) is 8.41. The first-order valence-corrected chi connectivity index (χ1v) is 10.9. The Kier molecular flexibility index (Phi) is 6.55. The summed E-state index contributed by atoms with van der Waals surface area (Å²) in [4.78, 5) is 27.2. The Morgan fingerprint density at radius 1 is 1.19 bits per heavy atom. The first kappa shape index (κ1) is 22.0. The summed E-state index contributed by atoms with van der Waals surface area (Å²) in [6.45, 7) is 3.51. The Bertz CT molecular complexity index is 1180. The first-order valence-electron chi connectivity index (χ1n) is 10.5. The van der Waals surface area contributed by atoms with E-state index >= 15 is 0 Å². The number of amides is 1. The monoisotopic (exact) mass is 454 g/mol. The molecular formula is C24H24ClFN4O2. The van der Waals surface area contributed by atoms with Crippen LogP contribution in [-0.2, 0) is 11.3 Å². The fraction of sp³-hybridized carbons (Fsp3) is 0.292. The van der Waals surface area contributed by atoms with Gasteiger partial charge in [0.15, 0.2) is 0 Å². The zero-order chi connectivity index (χ0) is 22.7. The third-order valence-corrected chi connectivity index (χ3v) is 6.09. The van der Waals surface area contributed by atoms with E-state index < -0.39 is 0 Å². The van der Waals surface area contributed by atoms with E-state index in [-0.39, 0.29) is 23.2 Å². The van der Waals surface area contributed by atoms with E-state index in [9.17, 15) is 14.0 Å². The van der Waals surface area contributed by atoms with Crippen molar-refractivity contribution in [1.29, 1.82) is 0 Å². The molecule has 1 aromatic heterocycles. The minimum atomic E-state index is -0.301. The summed E-state index contributed by atoms with van der Waals surface area (Å²) in [5, 5.41) is 8.04. The Balaban J connectivity index is 1.47. The highest BCUT2D eigenvalue weighted by molar-refractivity contribution is 6.31. The van der Waals surface area contributed by atoms with Crippen molar-refractivity contribution in [2.75, 3.05) is 18.0 Å². The molecule has 2 aromatic carbocycles. The fourth-order valence-electron chi connectivity index (χ4n) is 3.80. The van der Waals surface area contributed by atoms with Crippen LogP contribution in [-0.4, -0.2) is 28.8 Å². The SMILES string of the molecule is Cc1ccc(-n2nc(N3CCCC(C(=O)NCc4ccc(F)cc4)C3)ccc2=O)cc1Cl. The molecule has 8 heteroatoms. The van der Waals surface area contributed by atoms with Crippen LogP contribution in [0, 0.1) is 18.7 Å². The predicted molar refractivity (Wildman–Crippen MR) is 123 cm³/mol. The highest BCUT2D eigenvalue weighted by Gasteiger charge is 2.27. The molecule has 4 rings (SSSR count). The highest BCUT2D eigenvalue weighted by Crippen LogP contribution is 2.23. The maximum atomic E-state index is 13.1. The van der Waals surface area contributed by atoms with Crippen LogP contribution in [0.15, 0.2) is 59.4 Å². The summed E-state index contributed by atoms with van der Waals surface area (Å²) in [7, 11) is 0. The smallest absolute Gasteiger partial charge is 0.271 e. The van der Waals surface area contributed by atoms with Gasteiger partial charge in [0, 0.05) is 30.7 Å². The number of benzene rings is 2. The Morgan fingerprint density at radius 2 is 1.97 bits per heavy atom. The van der Waals surface area contributed by atoms with Crippen LogP contribution in [0.25, 0.3) is 5.69 Å². The van der Waals surface area contributed by atoms with Gasteiger partial charge in [0.05, 0.1) is 11.6 Å². The average molecular weight is 455 g/mol. The van der Waals surface area contributed by atoms with Gasteiger partial charge in [0.25, 0.3) is 5.56 Å². The van der Waals surface area contributed by atoms with Crippen LogP contribution in [0.4, 0.5) is 10.2 Å². The fourth-order valence-corrected chi connectivity index (χ4v) is 3.98. The largest absolute Gasteiger partial charge is 0.354 e. The summed E-state index contributed by atoms with van der Waals surface area (Å²) >= 11 is 6.22. The molecule has 1 N–H and O–H groups in total. The lowest BCUT2D eigenvalue weighted by molar-refractivity contribution is -0.125. The zero-order valence-corrected chi connectivity index (χ0v) is 18.5. The van der Waals surface area contributed by atoms with Crippen LogP contribution >= 0.6 is 11.6 Å². The normalized spacial score (nSPS) is 16.1. The van der Waals surface area contributed by atoms with Gasteiger partial charge in [-0.05, 0) is 61.2 Å². The number of piperidine rings is 1. The van der Waals surface area contributed by atoms with Gasteiger partial charge in [0.2, 0.25) is 5.91 Å². The van der Waals surface area contributed by atoms with E-state index in [4.69, 9.17) is 11.6 Å². The van der Waals surface area contributed by atoms with Crippen LogP contribution in [0.2, 0.25) is 5.02 Å². The van der Waals surface area contributed by atoms with E-state index in [0.29, 0.717) is 29.6 Å². The molecule has 0 radical (unpaired) electrons. The van der Waals surface area contributed by atoms with Crippen molar-refractivity contribution in [3.05, 3.63) is 86.9 Å². The van der Waals surface area contributed by atoms with Crippen LogP contribution in [0.3, 0.4) is 0 Å². The van der Waals surface area contributed by atoms with Gasteiger partial charge in [-0.1, -0.05) is 29.8 Å². The summed E-state index contributed by atoms with van der Waals surface area (Å²) in [5.41, 5.74) is 2.11. The van der Waals surface area contributed by atoms with Crippen molar-refractivity contribution >= 4 is 23.3 Å². The summed E-state index contributed by atoms with van der Waals surface area (Å²) < 4.78 is 14.4. The van der Waals surface area contributed by atoms with Gasteiger partial charge in [-0.3, -0.25) is 9.59 Å².